The van der Waals surface area contributed by atoms with Gasteiger partial charge in [-0.05, 0) is 117 Å². The van der Waals surface area contributed by atoms with E-state index in [0.717, 1.165) is 77.9 Å². The molecule has 3 aliphatic rings. The van der Waals surface area contributed by atoms with E-state index >= 15 is 0 Å². The first-order chi connectivity index (χ1) is 28.6. The van der Waals surface area contributed by atoms with Crippen LogP contribution in [0.1, 0.15) is 61.9 Å². The van der Waals surface area contributed by atoms with E-state index < -0.39 is 0 Å². The number of aromatic nitrogens is 2. The Bertz CT molecular complexity index is 3270. The Labute approximate surface area is 333 Å². The molecule has 266 valence electrons. The number of hydrogen-bond donors (Lipinski definition) is 0. The molecule has 2 aromatic heterocycles. The van der Waals surface area contributed by atoms with Crippen molar-refractivity contribution in [2.75, 3.05) is 0 Å². The fourth-order valence-electron chi connectivity index (χ4n) is 10.3. The normalized spacial score (nSPS) is 14.8. The highest BCUT2D eigenvalue weighted by Gasteiger charge is 2.44. The molecule has 0 fully saturated rings. The standard InChI is InChI=1S/C53H29N5/c54-28-31-17-20-42-44(23-31)52-45-24-32(29-55)18-21-43(45)51(42)53-37(22-19-33(30-56)50(52)53)34-25-35(57-46-13-5-1-9-38(46)39-10-2-6-14-47(39)57)27-36(26-34)58-48-15-7-3-11-40(48)41-12-4-8-16-49(41)58/h1-27,51-52H. The highest BCUT2D eigenvalue weighted by Crippen LogP contribution is 2.59. The number of nitriles is 3. The van der Waals surface area contributed by atoms with Crippen molar-refractivity contribution in [3.05, 3.63) is 214 Å². The zero-order valence-electron chi connectivity index (χ0n) is 31.0. The average molecular weight is 736 g/mol. The fraction of sp³-hybridized carbons (Fsp3) is 0.0377. The molecule has 0 saturated heterocycles. The van der Waals surface area contributed by atoms with Crippen LogP contribution in [0.5, 0.6) is 0 Å². The predicted octanol–water partition coefficient (Wildman–Crippen LogP) is 12.2. The number of rotatable bonds is 3. The van der Waals surface area contributed by atoms with Gasteiger partial charge in [0.2, 0.25) is 0 Å². The molecule has 5 heteroatoms. The van der Waals surface area contributed by atoms with Crippen molar-refractivity contribution >= 4 is 43.6 Å². The molecule has 10 aromatic rings. The third-order valence-electron chi connectivity index (χ3n) is 12.6. The van der Waals surface area contributed by atoms with Gasteiger partial charge < -0.3 is 9.13 Å². The third-order valence-corrected chi connectivity index (χ3v) is 12.6. The first kappa shape index (κ1) is 32.1. The summed E-state index contributed by atoms with van der Waals surface area (Å²) in [6.45, 7) is 0. The zero-order chi connectivity index (χ0) is 38.6. The van der Waals surface area contributed by atoms with E-state index in [-0.39, 0.29) is 11.8 Å². The topological polar surface area (TPSA) is 81.2 Å². The number of benzene rings is 8. The molecule has 0 atom stereocenters. The number of hydrogen-bond acceptors (Lipinski definition) is 3. The van der Waals surface area contributed by atoms with E-state index in [0.29, 0.717) is 16.7 Å². The Kier molecular flexibility index (Phi) is 6.60. The van der Waals surface area contributed by atoms with Crippen LogP contribution in [0.2, 0.25) is 0 Å². The van der Waals surface area contributed by atoms with Gasteiger partial charge in [0.15, 0.2) is 0 Å². The summed E-state index contributed by atoms with van der Waals surface area (Å²) < 4.78 is 4.76. The largest absolute Gasteiger partial charge is 0.309 e. The molecule has 2 bridgehead atoms. The van der Waals surface area contributed by atoms with E-state index in [1.165, 1.54) is 21.5 Å². The summed E-state index contributed by atoms with van der Waals surface area (Å²) >= 11 is 0. The number of fused-ring (bicyclic) bond motifs is 6. The fourth-order valence-corrected chi connectivity index (χ4v) is 10.3. The Morgan fingerprint density at radius 3 is 1.24 bits per heavy atom. The summed E-state index contributed by atoms with van der Waals surface area (Å²) in [7, 11) is 0. The Morgan fingerprint density at radius 1 is 0.379 bits per heavy atom. The lowest BCUT2D eigenvalue weighted by atomic mass is 9.58. The minimum absolute atomic E-state index is 0.206. The lowest BCUT2D eigenvalue weighted by molar-refractivity contribution is 0.752. The molecule has 0 radical (unpaired) electrons. The second-order valence-corrected chi connectivity index (χ2v) is 15.4. The van der Waals surface area contributed by atoms with Gasteiger partial charge in [0.05, 0.1) is 57.0 Å². The lowest BCUT2D eigenvalue weighted by Crippen LogP contribution is -2.29. The van der Waals surface area contributed by atoms with Crippen molar-refractivity contribution in [2.45, 2.75) is 11.8 Å². The van der Waals surface area contributed by atoms with Gasteiger partial charge in [-0.2, -0.15) is 15.8 Å². The van der Waals surface area contributed by atoms with Crippen molar-refractivity contribution < 1.29 is 0 Å². The SMILES string of the molecule is N#Cc1ccc2c(c1)C1c3cc(C#N)ccc3C2c2c(-c3cc(-n4c5ccccc5c5ccccc54)cc(-n4c5ccccc5c5ccccc54)c3)ccc(C#N)c21. The Morgan fingerprint density at radius 2 is 0.810 bits per heavy atom. The lowest BCUT2D eigenvalue weighted by Gasteiger charge is -2.43. The van der Waals surface area contributed by atoms with Gasteiger partial charge in [0.1, 0.15) is 0 Å². The van der Waals surface area contributed by atoms with Crippen LogP contribution < -0.4 is 0 Å². The van der Waals surface area contributed by atoms with E-state index in [2.05, 4.69) is 161 Å². The molecule has 58 heavy (non-hydrogen) atoms. The maximum atomic E-state index is 10.8. The Balaban J connectivity index is 1.21. The smallest absolute Gasteiger partial charge is 0.0994 e. The van der Waals surface area contributed by atoms with E-state index in [1.807, 2.05) is 30.3 Å². The molecule has 0 aliphatic heterocycles. The van der Waals surface area contributed by atoms with Crippen LogP contribution in [0.4, 0.5) is 0 Å². The van der Waals surface area contributed by atoms with Crippen LogP contribution in [0.25, 0.3) is 66.1 Å². The van der Waals surface area contributed by atoms with Gasteiger partial charge in [-0.25, -0.2) is 0 Å². The molecule has 13 rings (SSSR count). The van der Waals surface area contributed by atoms with Crippen molar-refractivity contribution in [1.29, 1.82) is 15.8 Å². The summed E-state index contributed by atoms with van der Waals surface area (Å²) in [4.78, 5) is 0. The molecule has 0 saturated carbocycles. The molecular formula is C53H29N5. The quantitative estimate of drug-likeness (QED) is 0.181. The Hall–Kier alpha value is -8.17. The first-order valence-corrected chi connectivity index (χ1v) is 19.4. The number of nitrogens with zero attached hydrogens (tertiary/aromatic N) is 5. The van der Waals surface area contributed by atoms with Crippen molar-refractivity contribution in [3.63, 3.8) is 0 Å². The van der Waals surface area contributed by atoms with E-state index in [1.54, 1.807) is 0 Å². The molecule has 0 unspecified atom stereocenters. The van der Waals surface area contributed by atoms with Crippen LogP contribution in [-0.4, -0.2) is 9.13 Å². The van der Waals surface area contributed by atoms with Crippen molar-refractivity contribution in [3.8, 4) is 40.7 Å². The van der Waals surface area contributed by atoms with Gasteiger partial charge in [-0.1, -0.05) is 91.0 Å². The summed E-state index contributed by atoms with van der Waals surface area (Å²) in [5.41, 5.74) is 16.8. The molecule has 0 spiro atoms. The third kappa shape index (κ3) is 4.26. The van der Waals surface area contributed by atoms with Crippen molar-refractivity contribution in [2.24, 2.45) is 0 Å². The second kappa shape index (κ2) is 11.9. The molecule has 5 nitrogen and oxygen atoms in total. The van der Waals surface area contributed by atoms with Crippen LogP contribution in [0, 0.1) is 34.0 Å². The number of para-hydroxylation sites is 4. The van der Waals surface area contributed by atoms with E-state index in [4.69, 9.17) is 0 Å². The molecule has 0 amide bonds. The second-order valence-electron chi connectivity index (χ2n) is 15.4. The zero-order valence-corrected chi connectivity index (χ0v) is 31.0. The van der Waals surface area contributed by atoms with Crippen LogP contribution in [0.15, 0.2) is 164 Å². The van der Waals surface area contributed by atoms with Crippen LogP contribution in [-0.2, 0) is 0 Å². The molecule has 2 heterocycles. The highest BCUT2D eigenvalue weighted by atomic mass is 15.0. The van der Waals surface area contributed by atoms with Gasteiger partial charge in [0, 0.05) is 44.8 Å². The summed E-state index contributed by atoms with van der Waals surface area (Å²) in [5, 5.41) is 35.5. The maximum Gasteiger partial charge on any atom is 0.0994 e. The minimum atomic E-state index is -0.307. The summed E-state index contributed by atoms with van der Waals surface area (Å²) in [6.07, 6.45) is 0. The average Bonchev–Trinajstić information content (AvgIpc) is 3.81. The minimum Gasteiger partial charge on any atom is -0.309 e. The molecule has 0 N–H and O–H groups in total. The van der Waals surface area contributed by atoms with Crippen LogP contribution >= 0.6 is 0 Å². The maximum absolute atomic E-state index is 10.8. The molecular weight excluding hydrogens is 707 g/mol. The van der Waals surface area contributed by atoms with Crippen molar-refractivity contribution in [1.82, 2.24) is 9.13 Å². The van der Waals surface area contributed by atoms with Gasteiger partial charge in [-0.3, -0.25) is 0 Å². The molecule has 3 aliphatic carbocycles. The van der Waals surface area contributed by atoms with E-state index in [9.17, 15) is 15.8 Å². The van der Waals surface area contributed by atoms with Gasteiger partial charge >= 0.3 is 0 Å². The first-order valence-electron chi connectivity index (χ1n) is 19.4. The highest BCUT2D eigenvalue weighted by molar-refractivity contribution is 6.10. The predicted molar refractivity (Wildman–Crippen MR) is 229 cm³/mol. The van der Waals surface area contributed by atoms with Crippen LogP contribution in [0.3, 0.4) is 0 Å². The summed E-state index contributed by atoms with van der Waals surface area (Å²) in [6, 6.07) is 64.6. The summed E-state index contributed by atoms with van der Waals surface area (Å²) in [5.74, 6) is -0.513. The molecule has 8 aromatic carbocycles. The van der Waals surface area contributed by atoms with Gasteiger partial charge in [-0.15, -0.1) is 0 Å². The monoisotopic (exact) mass is 735 g/mol. The van der Waals surface area contributed by atoms with Gasteiger partial charge in [0.25, 0.3) is 0 Å².